The number of aromatic nitrogens is 1. The van der Waals surface area contributed by atoms with Crippen LogP contribution in [-0.2, 0) is 12.5 Å². The second-order valence-electron chi connectivity index (χ2n) is 10.6. The van der Waals surface area contributed by atoms with Gasteiger partial charge in [0.05, 0.1) is 8.07 Å². The Labute approximate surface area is 167 Å². The molecule has 1 fully saturated rings. The van der Waals surface area contributed by atoms with Crippen LogP contribution in [-0.4, -0.2) is 8.07 Å². The molecule has 1 heterocycles. The fraction of sp³-hybridized carbons (Fsp3) is 0.560. The average molecular weight is 381 g/mol. The predicted molar refractivity (Wildman–Crippen MR) is 121 cm³/mol. The third-order valence-corrected chi connectivity index (χ3v) is 8.33. The summed E-state index contributed by atoms with van der Waals surface area (Å²) in [7, 11) is 0.831. The van der Waals surface area contributed by atoms with Crippen molar-refractivity contribution in [3.05, 3.63) is 47.2 Å². The summed E-state index contributed by atoms with van der Waals surface area (Å²) in [6.45, 7) is 16.6. The van der Waals surface area contributed by atoms with Crippen molar-refractivity contribution in [2.45, 2.75) is 84.4 Å². The quantitative estimate of drug-likeness (QED) is 0.455. The fourth-order valence-electron chi connectivity index (χ4n) is 4.57. The van der Waals surface area contributed by atoms with Gasteiger partial charge in [0.15, 0.2) is 6.20 Å². The molecule has 0 atom stereocenters. The highest BCUT2D eigenvalue weighted by molar-refractivity contribution is 6.89. The van der Waals surface area contributed by atoms with Crippen LogP contribution >= 0.6 is 0 Å². The summed E-state index contributed by atoms with van der Waals surface area (Å²) in [5.41, 5.74) is 7.38. The van der Waals surface area contributed by atoms with E-state index in [0.29, 0.717) is 0 Å². The van der Waals surface area contributed by atoms with Crippen LogP contribution < -0.4 is 9.75 Å². The van der Waals surface area contributed by atoms with Gasteiger partial charge in [-0.2, -0.15) is 0 Å². The van der Waals surface area contributed by atoms with Gasteiger partial charge >= 0.3 is 0 Å². The molecule has 146 valence electrons. The van der Waals surface area contributed by atoms with Crippen LogP contribution in [0.2, 0.25) is 19.6 Å². The summed E-state index contributed by atoms with van der Waals surface area (Å²) in [6.07, 6.45) is 8.01. The maximum Gasteiger partial charge on any atom is 0.212 e. The highest BCUT2D eigenvalue weighted by atomic mass is 28.3. The summed E-state index contributed by atoms with van der Waals surface area (Å²) in [4.78, 5) is 0. The molecule has 1 saturated carbocycles. The summed E-state index contributed by atoms with van der Waals surface area (Å²) in [5, 5.41) is 1.67. The summed E-state index contributed by atoms with van der Waals surface area (Å²) < 4.78 is 2.39. The Morgan fingerprint density at radius 1 is 1.00 bits per heavy atom. The number of benzene rings is 1. The first-order valence-corrected chi connectivity index (χ1v) is 14.1. The van der Waals surface area contributed by atoms with E-state index in [4.69, 9.17) is 0 Å². The highest BCUT2D eigenvalue weighted by Crippen LogP contribution is 2.35. The van der Waals surface area contributed by atoms with Crippen molar-refractivity contribution in [3.63, 3.8) is 0 Å². The van der Waals surface area contributed by atoms with Crippen molar-refractivity contribution < 1.29 is 4.57 Å². The number of rotatable bonds is 3. The Bertz CT molecular complexity index is 831. The molecule has 0 aliphatic heterocycles. The molecule has 1 nitrogen and oxygen atoms in total. The molecule has 1 aliphatic rings. The monoisotopic (exact) mass is 380 g/mol. The van der Waals surface area contributed by atoms with Crippen molar-refractivity contribution in [3.8, 4) is 11.3 Å². The van der Waals surface area contributed by atoms with E-state index in [-0.39, 0.29) is 5.41 Å². The number of pyridine rings is 1. The molecule has 2 aromatic rings. The zero-order valence-corrected chi connectivity index (χ0v) is 19.7. The van der Waals surface area contributed by atoms with Crippen LogP contribution in [0.15, 0.2) is 30.5 Å². The van der Waals surface area contributed by atoms with Gasteiger partial charge in [0.1, 0.15) is 7.05 Å². The SMILES string of the molecule is Cc1cc(C(C)(C)C)ccc1-c1cc([Si](C)(C)C)c(C2CCCC2)c[n+]1C. The smallest absolute Gasteiger partial charge is 0.201 e. The van der Waals surface area contributed by atoms with E-state index in [9.17, 15) is 0 Å². The highest BCUT2D eigenvalue weighted by Gasteiger charge is 2.31. The molecule has 3 rings (SSSR count). The van der Waals surface area contributed by atoms with Gasteiger partial charge in [0.2, 0.25) is 5.69 Å². The van der Waals surface area contributed by atoms with Crippen LogP contribution in [0.25, 0.3) is 11.3 Å². The molecule has 1 aromatic carbocycles. The topological polar surface area (TPSA) is 3.88 Å². The van der Waals surface area contributed by atoms with E-state index in [1.165, 1.54) is 48.1 Å². The molecular formula is C25H38NSi+. The molecule has 27 heavy (non-hydrogen) atoms. The second kappa shape index (κ2) is 7.20. The Balaban J connectivity index is 2.14. The van der Waals surface area contributed by atoms with Crippen molar-refractivity contribution >= 4 is 13.3 Å². The molecule has 0 saturated heterocycles. The number of nitrogens with zero attached hydrogens (tertiary/aromatic N) is 1. The van der Waals surface area contributed by atoms with Crippen LogP contribution in [0.4, 0.5) is 0 Å². The van der Waals surface area contributed by atoms with Crippen molar-refractivity contribution in [2.75, 3.05) is 0 Å². The van der Waals surface area contributed by atoms with Gasteiger partial charge in [-0.05, 0) is 53.5 Å². The van der Waals surface area contributed by atoms with Crippen molar-refractivity contribution in [1.29, 1.82) is 0 Å². The Morgan fingerprint density at radius 2 is 1.63 bits per heavy atom. The molecule has 0 amide bonds. The fourth-order valence-corrected chi connectivity index (χ4v) is 6.27. The van der Waals surface area contributed by atoms with E-state index in [1.54, 1.807) is 10.8 Å². The lowest BCUT2D eigenvalue weighted by atomic mass is 9.85. The van der Waals surface area contributed by atoms with E-state index < -0.39 is 8.07 Å². The molecule has 0 spiro atoms. The maximum absolute atomic E-state index is 2.54. The summed E-state index contributed by atoms with van der Waals surface area (Å²) in [6, 6.07) is 9.59. The van der Waals surface area contributed by atoms with Gasteiger partial charge in [0.25, 0.3) is 0 Å². The summed E-state index contributed by atoms with van der Waals surface area (Å²) in [5.74, 6) is 0.774. The van der Waals surface area contributed by atoms with Gasteiger partial charge in [-0.25, -0.2) is 4.57 Å². The van der Waals surface area contributed by atoms with Crippen LogP contribution in [0.5, 0.6) is 0 Å². The zero-order chi connectivity index (χ0) is 20.0. The first-order valence-electron chi connectivity index (χ1n) is 10.6. The Kier molecular flexibility index (Phi) is 5.42. The Hall–Kier alpha value is -1.41. The van der Waals surface area contributed by atoms with Gasteiger partial charge in [-0.1, -0.05) is 65.4 Å². The number of hydrogen-bond acceptors (Lipinski definition) is 0. The predicted octanol–water partition coefficient (Wildman–Crippen LogP) is 5.99. The Morgan fingerprint density at radius 3 is 2.15 bits per heavy atom. The first kappa shape index (κ1) is 20.3. The summed E-state index contributed by atoms with van der Waals surface area (Å²) >= 11 is 0. The van der Waals surface area contributed by atoms with Gasteiger partial charge in [-0.15, -0.1) is 0 Å². The molecule has 0 N–H and O–H groups in total. The number of hydrogen-bond donors (Lipinski definition) is 0. The lowest BCUT2D eigenvalue weighted by Gasteiger charge is -2.24. The van der Waals surface area contributed by atoms with Gasteiger partial charge in [-0.3, -0.25) is 0 Å². The second-order valence-corrected chi connectivity index (χ2v) is 15.7. The standard InChI is InChI=1S/C25H38NSi/c1-18-15-20(25(2,3)4)13-14-21(18)23-16-24(27(6,7)8)22(17-26(23)5)19-11-9-10-12-19/h13-17,19H,9-12H2,1-8H3/q+1. The molecule has 1 aromatic heterocycles. The van der Waals surface area contributed by atoms with Crippen LogP contribution in [0, 0.1) is 6.92 Å². The van der Waals surface area contributed by atoms with E-state index in [2.05, 4.69) is 89.4 Å². The molecule has 2 heteroatoms. The molecule has 0 radical (unpaired) electrons. The van der Waals surface area contributed by atoms with E-state index >= 15 is 0 Å². The maximum atomic E-state index is 2.54. The molecule has 0 bridgehead atoms. The molecular weight excluding hydrogens is 342 g/mol. The lowest BCUT2D eigenvalue weighted by Crippen LogP contribution is -2.45. The molecule has 0 unspecified atom stereocenters. The minimum Gasteiger partial charge on any atom is -0.201 e. The average Bonchev–Trinajstić information content (AvgIpc) is 3.07. The van der Waals surface area contributed by atoms with E-state index in [0.717, 1.165) is 5.92 Å². The first-order chi connectivity index (χ1) is 12.5. The zero-order valence-electron chi connectivity index (χ0n) is 18.7. The minimum absolute atomic E-state index is 0.196. The number of aryl methyl sites for hydroxylation is 2. The van der Waals surface area contributed by atoms with E-state index in [1.807, 2.05) is 0 Å². The normalized spacial score (nSPS) is 16.1. The van der Waals surface area contributed by atoms with Crippen molar-refractivity contribution in [1.82, 2.24) is 0 Å². The largest absolute Gasteiger partial charge is 0.212 e. The lowest BCUT2D eigenvalue weighted by molar-refractivity contribution is -0.660. The van der Waals surface area contributed by atoms with Gasteiger partial charge < -0.3 is 0 Å². The molecule has 1 aliphatic carbocycles. The third kappa shape index (κ3) is 4.21. The van der Waals surface area contributed by atoms with Gasteiger partial charge in [0, 0.05) is 17.2 Å². The van der Waals surface area contributed by atoms with Crippen LogP contribution in [0.1, 0.15) is 69.1 Å². The van der Waals surface area contributed by atoms with Crippen LogP contribution in [0.3, 0.4) is 0 Å². The minimum atomic E-state index is -1.40. The third-order valence-electron chi connectivity index (χ3n) is 6.28. The van der Waals surface area contributed by atoms with Crippen molar-refractivity contribution in [2.24, 2.45) is 7.05 Å².